The largest absolute Gasteiger partial charge is 0.494 e. The fourth-order valence-electron chi connectivity index (χ4n) is 2.50. The van der Waals surface area contributed by atoms with Gasteiger partial charge in [0, 0.05) is 11.8 Å². The van der Waals surface area contributed by atoms with Crippen LogP contribution >= 0.6 is 0 Å². The van der Waals surface area contributed by atoms with Crippen molar-refractivity contribution >= 4 is 11.4 Å². The Morgan fingerprint density at radius 3 is 2.04 bits per heavy atom. The van der Waals surface area contributed by atoms with E-state index in [4.69, 9.17) is 20.9 Å². The van der Waals surface area contributed by atoms with Gasteiger partial charge in [0.15, 0.2) is 0 Å². The molecule has 0 fully saturated rings. The molecule has 0 aromatic heterocycles. The predicted octanol–water partition coefficient (Wildman–Crippen LogP) is 4.65. The van der Waals surface area contributed by atoms with Crippen molar-refractivity contribution in [3.8, 4) is 11.5 Å². The SMILES string of the molecule is Nc1cccc(OCCCCCCCCOc2ccccc2N)c1. The van der Waals surface area contributed by atoms with Gasteiger partial charge in [-0.15, -0.1) is 0 Å². The van der Waals surface area contributed by atoms with Crippen LogP contribution in [0.25, 0.3) is 0 Å². The average Bonchev–Trinajstić information content (AvgIpc) is 2.58. The second kappa shape index (κ2) is 10.4. The highest BCUT2D eigenvalue weighted by Gasteiger charge is 1.98. The predicted molar refractivity (Wildman–Crippen MR) is 100 cm³/mol. The molecule has 0 saturated heterocycles. The van der Waals surface area contributed by atoms with Crippen LogP contribution < -0.4 is 20.9 Å². The summed E-state index contributed by atoms with van der Waals surface area (Å²) in [6.07, 6.45) is 6.97. The van der Waals surface area contributed by atoms with Gasteiger partial charge in [0.2, 0.25) is 0 Å². The van der Waals surface area contributed by atoms with Crippen LogP contribution in [0.15, 0.2) is 48.5 Å². The third-order valence-corrected chi connectivity index (χ3v) is 3.84. The molecule has 0 aliphatic carbocycles. The van der Waals surface area contributed by atoms with Crippen LogP contribution in [0.5, 0.6) is 11.5 Å². The van der Waals surface area contributed by atoms with Crippen LogP contribution in [-0.4, -0.2) is 13.2 Å². The Morgan fingerprint density at radius 2 is 1.33 bits per heavy atom. The van der Waals surface area contributed by atoms with Crippen LogP contribution in [0, 0.1) is 0 Å². The first-order chi connectivity index (χ1) is 11.8. The van der Waals surface area contributed by atoms with Gasteiger partial charge in [-0.05, 0) is 37.1 Å². The first-order valence-corrected chi connectivity index (χ1v) is 8.71. The molecule has 0 aliphatic heterocycles. The lowest BCUT2D eigenvalue weighted by molar-refractivity contribution is 0.298. The number of nitrogen functional groups attached to an aromatic ring is 2. The van der Waals surface area contributed by atoms with Gasteiger partial charge < -0.3 is 20.9 Å². The first-order valence-electron chi connectivity index (χ1n) is 8.71. The molecule has 0 atom stereocenters. The summed E-state index contributed by atoms with van der Waals surface area (Å²) in [5.74, 6) is 1.64. The fourth-order valence-corrected chi connectivity index (χ4v) is 2.50. The molecule has 0 unspecified atom stereocenters. The second-order valence-electron chi connectivity index (χ2n) is 5.93. The molecule has 0 aliphatic rings. The lowest BCUT2D eigenvalue weighted by Gasteiger charge is -2.08. The monoisotopic (exact) mass is 328 g/mol. The minimum atomic E-state index is 0.706. The first kappa shape index (κ1) is 18.0. The maximum absolute atomic E-state index is 5.84. The number of rotatable bonds is 11. The van der Waals surface area contributed by atoms with Gasteiger partial charge in [0.25, 0.3) is 0 Å². The van der Waals surface area contributed by atoms with E-state index in [-0.39, 0.29) is 0 Å². The summed E-state index contributed by atoms with van der Waals surface area (Å²) in [6, 6.07) is 15.2. The number of anilines is 2. The van der Waals surface area contributed by atoms with Crippen molar-refractivity contribution in [3.63, 3.8) is 0 Å². The van der Waals surface area contributed by atoms with Crippen molar-refractivity contribution in [3.05, 3.63) is 48.5 Å². The van der Waals surface area contributed by atoms with Crippen molar-refractivity contribution in [1.29, 1.82) is 0 Å². The zero-order valence-electron chi connectivity index (χ0n) is 14.2. The van der Waals surface area contributed by atoms with Gasteiger partial charge in [-0.2, -0.15) is 0 Å². The summed E-state index contributed by atoms with van der Waals surface area (Å²) < 4.78 is 11.4. The summed E-state index contributed by atoms with van der Waals surface area (Å²) >= 11 is 0. The number of hydrogen-bond donors (Lipinski definition) is 2. The quantitative estimate of drug-likeness (QED) is 0.465. The van der Waals surface area contributed by atoms with E-state index in [2.05, 4.69) is 0 Å². The van der Waals surface area contributed by atoms with Crippen molar-refractivity contribution in [2.75, 3.05) is 24.7 Å². The van der Waals surface area contributed by atoms with Crippen LogP contribution in [0.2, 0.25) is 0 Å². The van der Waals surface area contributed by atoms with E-state index < -0.39 is 0 Å². The number of benzene rings is 2. The molecule has 0 radical (unpaired) electrons. The molecule has 4 nitrogen and oxygen atoms in total. The summed E-state index contributed by atoms with van der Waals surface area (Å²) in [7, 11) is 0. The van der Waals surface area contributed by atoms with Crippen LogP contribution in [0.4, 0.5) is 11.4 Å². The van der Waals surface area contributed by atoms with Gasteiger partial charge in [0.05, 0.1) is 18.9 Å². The number of hydrogen-bond acceptors (Lipinski definition) is 4. The maximum Gasteiger partial charge on any atom is 0.142 e. The molecule has 0 bridgehead atoms. The molecule has 24 heavy (non-hydrogen) atoms. The molecule has 2 rings (SSSR count). The van der Waals surface area contributed by atoms with E-state index in [9.17, 15) is 0 Å². The Labute approximate surface area is 144 Å². The molecule has 0 saturated carbocycles. The standard InChI is InChI=1S/C20H28N2O2/c21-17-10-9-11-18(16-17)23-14-7-3-1-2-4-8-15-24-20-13-6-5-12-19(20)22/h5-6,9-13,16H,1-4,7-8,14-15,21-22H2. The van der Waals surface area contributed by atoms with E-state index in [0.717, 1.165) is 43.2 Å². The maximum atomic E-state index is 5.84. The number of nitrogens with two attached hydrogens (primary N) is 2. The van der Waals surface area contributed by atoms with Crippen LogP contribution in [0.3, 0.4) is 0 Å². The number of unbranched alkanes of at least 4 members (excludes halogenated alkanes) is 5. The highest BCUT2D eigenvalue weighted by molar-refractivity contribution is 5.51. The van der Waals surface area contributed by atoms with Gasteiger partial charge in [-0.3, -0.25) is 0 Å². The molecule has 4 heteroatoms. The van der Waals surface area contributed by atoms with Crippen molar-refractivity contribution < 1.29 is 9.47 Å². The normalized spacial score (nSPS) is 10.5. The average molecular weight is 328 g/mol. The molecule has 0 amide bonds. The molecular weight excluding hydrogens is 300 g/mol. The Kier molecular flexibility index (Phi) is 7.81. The zero-order chi connectivity index (χ0) is 17.0. The smallest absolute Gasteiger partial charge is 0.142 e. The summed E-state index contributed by atoms with van der Waals surface area (Å²) in [5, 5.41) is 0. The molecule has 0 heterocycles. The van der Waals surface area contributed by atoms with E-state index in [1.165, 1.54) is 25.7 Å². The van der Waals surface area contributed by atoms with E-state index in [1.807, 2.05) is 48.5 Å². The highest BCUT2D eigenvalue weighted by atomic mass is 16.5. The summed E-state index contributed by atoms with van der Waals surface area (Å²) in [6.45, 7) is 1.48. The Bertz CT molecular complexity index is 602. The lowest BCUT2D eigenvalue weighted by atomic mass is 10.1. The van der Waals surface area contributed by atoms with Crippen molar-refractivity contribution in [1.82, 2.24) is 0 Å². The third kappa shape index (κ3) is 6.82. The molecule has 4 N–H and O–H groups in total. The fraction of sp³-hybridized carbons (Fsp3) is 0.400. The van der Waals surface area contributed by atoms with Gasteiger partial charge >= 0.3 is 0 Å². The summed E-state index contributed by atoms with van der Waals surface area (Å²) in [4.78, 5) is 0. The zero-order valence-corrected chi connectivity index (χ0v) is 14.2. The third-order valence-electron chi connectivity index (χ3n) is 3.84. The molecule has 2 aromatic rings. The second-order valence-corrected chi connectivity index (χ2v) is 5.93. The molecule has 0 spiro atoms. The Balaban J connectivity index is 1.42. The number of para-hydroxylation sites is 2. The highest BCUT2D eigenvalue weighted by Crippen LogP contribution is 2.20. The van der Waals surface area contributed by atoms with Crippen LogP contribution in [0.1, 0.15) is 38.5 Å². The van der Waals surface area contributed by atoms with Crippen molar-refractivity contribution in [2.45, 2.75) is 38.5 Å². The topological polar surface area (TPSA) is 70.5 Å². The summed E-state index contributed by atoms with van der Waals surface area (Å²) in [5.41, 5.74) is 13.0. The Hall–Kier alpha value is -2.36. The van der Waals surface area contributed by atoms with Gasteiger partial charge in [-0.25, -0.2) is 0 Å². The minimum absolute atomic E-state index is 0.706. The molecule has 130 valence electrons. The minimum Gasteiger partial charge on any atom is -0.494 e. The van der Waals surface area contributed by atoms with Gasteiger partial charge in [0.1, 0.15) is 11.5 Å². The van der Waals surface area contributed by atoms with E-state index in [0.29, 0.717) is 5.69 Å². The molecular formula is C20H28N2O2. The van der Waals surface area contributed by atoms with Crippen LogP contribution in [-0.2, 0) is 0 Å². The molecule has 2 aromatic carbocycles. The van der Waals surface area contributed by atoms with E-state index >= 15 is 0 Å². The number of ether oxygens (including phenoxy) is 2. The van der Waals surface area contributed by atoms with E-state index in [1.54, 1.807) is 0 Å². The van der Waals surface area contributed by atoms with Crippen molar-refractivity contribution in [2.24, 2.45) is 0 Å². The van der Waals surface area contributed by atoms with Gasteiger partial charge in [-0.1, -0.05) is 43.9 Å². The lowest BCUT2D eigenvalue weighted by Crippen LogP contribution is -2.00. The Morgan fingerprint density at radius 1 is 0.667 bits per heavy atom.